The zero-order valence-electron chi connectivity index (χ0n) is 9.90. The lowest BCUT2D eigenvalue weighted by atomic mass is 10.0. The average molecular weight is 242 g/mol. The maximum atomic E-state index is 11.5. The van der Waals surface area contributed by atoms with Crippen LogP contribution < -0.4 is 5.32 Å². The molecule has 0 aromatic carbocycles. The summed E-state index contributed by atoms with van der Waals surface area (Å²) in [5.41, 5.74) is 1.78. The molecular weight excluding hydrogens is 224 g/mol. The second kappa shape index (κ2) is 6.60. The first kappa shape index (κ1) is 13.1. The van der Waals surface area contributed by atoms with Crippen molar-refractivity contribution in [2.45, 2.75) is 32.9 Å². The fraction of sp³-hybridized carbons (Fsp3) is 0.636. The normalized spacial score (nSPS) is 12.8. The van der Waals surface area contributed by atoms with Gasteiger partial charge in [-0.1, -0.05) is 13.8 Å². The van der Waals surface area contributed by atoms with Gasteiger partial charge in [0, 0.05) is 17.6 Å². The molecule has 0 aliphatic rings. The van der Waals surface area contributed by atoms with Gasteiger partial charge in [0.1, 0.15) is 6.04 Å². The van der Waals surface area contributed by atoms with Gasteiger partial charge in [0.25, 0.3) is 0 Å². The molecule has 0 saturated heterocycles. The van der Waals surface area contributed by atoms with E-state index in [1.54, 1.807) is 23.0 Å². The Bertz CT molecular complexity index is 312. The van der Waals surface area contributed by atoms with Gasteiger partial charge in [0.05, 0.1) is 12.6 Å². The molecule has 1 atom stereocenters. The van der Waals surface area contributed by atoms with Crippen LogP contribution in [0.1, 0.15) is 25.1 Å². The number of thiazole rings is 1. The van der Waals surface area contributed by atoms with Crippen molar-refractivity contribution in [1.29, 1.82) is 0 Å². The van der Waals surface area contributed by atoms with Gasteiger partial charge < -0.3 is 4.74 Å². The Labute approximate surface area is 100 Å². The maximum absolute atomic E-state index is 11.5. The summed E-state index contributed by atoms with van der Waals surface area (Å²) in [6.07, 6.45) is 2.59. The summed E-state index contributed by atoms with van der Waals surface area (Å²) in [5.74, 6) is 0.260. The van der Waals surface area contributed by atoms with E-state index in [1.165, 1.54) is 7.11 Å². The van der Waals surface area contributed by atoms with Crippen LogP contribution in [0.4, 0.5) is 0 Å². The fourth-order valence-corrected chi connectivity index (χ4v) is 1.98. The molecule has 1 unspecified atom stereocenters. The Morgan fingerprint density at radius 3 is 2.88 bits per heavy atom. The SMILES string of the molecule is COC(=O)C(CC(C)C)NCc1cncs1. The van der Waals surface area contributed by atoms with Crippen LogP contribution in [0.5, 0.6) is 0 Å². The minimum Gasteiger partial charge on any atom is -0.468 e. The molecule has 1 aromatic heterocycles. The number of nitrogens with one attached hydrogen (secondary N) is 1. The first-order valence-electron chi connectivity index (χ1n) is 5.32. The lowest BCUT2D eigenvalue weighted by Crippen LogP contribution is -2.38. The molecule has 4 nitrogen and oxygen atoms in total. The molecule has 1 rings (SSSR count). The van der Waals surface area contributed by atoms with E-state index in [-0.39, 0.29) is 12.0 Å². The number of rotatable bonds is 6. The Hall–Kier alpha value is -0.940. The highest BCUT2D eigenvalue weighted by Crippen LogP contribution is 2.09. The molecule has 0 bridgehead atoms. The van der Waals surface area contributed by atoms with Crippen LogP contribution in [0, 0.1) is 5.92 Å². The molecule has 90 valence electrons. The number of ether oxygens (including phenoxy) is 1. The van der Waals surface area contributed by atoms with E-state index >= 15 is 0 Å². The first-order chi connectivity index (χ1) is 7.63. The minimum absolute atomic E-state index is 0.196. The molecular formula is C11H18N2O2S. The number of methoxy groups -OCH3 is 1. The summed E-state index contributed by atoms with van der Waals surface area (Å²) >= 11 is 1.58. The van der Waals surface area contributed by atoms with Crippen molar-refractivity contribution in [2.24, 2.45) is 5.92 Å². The number of carbonyl (C=O) groups is 1. The van der Waals surface area contributed by atoms with Crippen molar-refractivity contribution in [3.05, 3.63) is 16.6 Å². The van der Waals surface area contributed by atoms with Gasteiger partial charge in [-0.3, -0.25) is 15.1 Å². The van der Waals surface area contributed by atoms with Crippen LogP contribution in [0.2, 0.25) is 0 Å². The van der Waals surface area contributed by atoms with Crippen molar-refractivity contribution in [2.75, 3.05) is 7.11 Å². The smallest absolute Gasteiger partial charge is 0.322 e. The lowest BCUT2D eigenvalue weighted by molar-refractivity contribution is -0.143. The molecule has 0 spiro atoms. The topological polar surface area (TPSA) is 51.2 Å². The zero-order chi connectivity index (χ0) is 12.0. The van der Waals surface area contributed by atoms with Gasteiger partial charge in [-0.15, -0.1) is 11.3 Å². The van der Waals surface area contributed by atoms with E-state index in [1.807, 2.05) is 0 Å². The summed E-state index contributed by atoms with van der Waals surface area (Å²) in [6.45, 7) is 4.84. The molecule has 1 N–H and O–H groups in total. The number of hydrogen-bond donors (Lipinski definition) is 1. The third-order valence-corrected chi connectivity index (χ3v) is 2.98. The minimum atomic E-state index is -0.230. The fourth-order valence-electron chi connectivity index (χ4n) is 1.43. The summed E-state index contributed by atoms with van der Waals surface area (Å²) in [7, 11) is 1.42. The highest BCUT2D eigenvalue weighted by molar-refractivity contribution is 7.09. The molecule has 0 amide bonds. The molecule has 0 aliphatic heterocycles. The number of carbonyl (C=O) groups excluding carboxylic acids is 1. The Morgan fingerprint density at radius 2 is 2.38 bits per heavy atom. The van der Waals surface area contributed by atoms with Crippen LogP contribution in [-0.4, -0.2) is 24.1 Å². The van der Waals surface area contributed by atoms with Crippen molar-refractivity contribution < 1.29 is 9.53 Å². The second-order valence-corrected chi connectivity index (χ2v) is 5.02. The second-order valence-electron chi connectivity index (χ2n) is 4.05. The van der Waals surface area contributed by atoms with E-state index in [9.17, 15) is 4.79 Å². The molecule has 0 fully saturated rings. The van der Waals surface area contributed by atoms with E-state index in [4.69, 9.17) is 4.74 Å². The number of esters is 1. The number of aromatic nitrogens is 1. The molecule has 16 heavy (non-hydrogen) atoms. The van der Waals surface area contributed by atoms with Crippen molar-refractivity contribution >= 4 is 17.3 Å². The molecule has 5 heteroatoms. The third-order valence-electron chi connectivity index (χ3n) is 2.20. The molecule has 0 saturated carbocycles. The van der Waals surface area contributed by atoms with Gasteiger partial charge in [-0.2, -0.15) is 0 Å². The van der Waals surface area contributed by atoms with Crippen molar-refractivity contribution in [1.82, 2.24) is 10.3 Å². The summed E-state index contributed by atoms with van der Waals surface area (Å²) in [4.78, 5) is 16.6. The van der Waals surface area contributed by atoms with Crippen LogP contribution >= 0.6 is 11.3 Å². The Morgan fingerprint density at radius 1 is 1.62 bits per heavy atom. The van der Waals surface area contributed by atoms with Crippen LogP contribution in [0.15, 0.2) is 11.7 Å². The maximum Gasteiger partial charge on any atom is 0.322 e. The quantitative estimate of drug-likeness (QED) is 0.773. The third kappa shape index (κ3) is 4.28. The van der Waals surface area contributed by atoms with E-state index in [0.29, 0.717) is 12.5 Å². The average Bonchev–Trinajstić information content (AvgIpc) is 2.75. The van der Waals surface area contributed by atoms with Gasteiger partial charge in [0.2, 0.25) is 0 Å². The molecule has 1 heterocycles. The monoisotopic (exact) mass is 242 g/mol. The van der Waals surface area contributed by atoms with E-state index in [2.05, 4.69) is 24.1 Å². The molecule has 0 aliphatic carbocycles. The van der Waals surface area contributed by atoms with Gasteiger partial charge in [0.15, 0.2) is 0 Å². The summed E-state index contributed by atoms with van der Waals surface area (Å²) < 4.78 is 4.77. The largest absolute Gasteiger partial charge is 0.468 e. The molecule has 0 radical (unpaired) electrons. The Kier molecular flexibility index (Phi) is 5.42. The standard InChI is InChI=1S/C11H18N2O2S/c1-8(2)4-10(11(14)15-3)13-6-9-5-12-7-16-9/h5,7-8,10,13H,4,6H2,1-3H3. The van der Waals surface area contributed by atoms with Gasteiger partial charge in [-0.25, -0.2) is 0 Å². The van der Waals surface area contributed by atoms with E-state index in [0.717, 1.165) is 11.3 Å². The predicted molar refractivity (Wildman–Crippen MR) is 64.2 cm³/mol. The van der Waals surface area contributed by atoms with Crippen molar-refractivity contribution in [3.63, 3.8) is 0 Å². The van der Waals surface area contributed by atoms with Gasteiger partial charge >= 0.3 is 5.97 Å². The van der Waals surface area contributed by atoms with Crippen LogP contribution in [-0.2, 0) is 16.1 Å². The lowest BCUT2D eigenvalue weighted by Gasteiger charge is -2.17. The van der Waals surface area contributed by atoms with Gasteiger partial charge in [-0.05, 0) is 12.3 Å². The number of nitrogens with zero attached hydrogens (tertiary/aromatic N) is 1. The predicted octanol–water partition coefficient (Wildman–Crippen LogP) is 1.82. The number of hydrogen-bond acceptors (Lipinski definition) is 5. The molecule has 1 aromatic rings. The zero-order valence-corrected chi connectivity index (χ0v) is 10.7. The Balaban J connectivity index is 2.46. The van der Waals surface area contributed by atoms with E-state index < -0.39 is 0 Å². The summed E-state index contributed by atoms with van der Waals surface area (Å²) in [5, 5.41) is 3.20. The van der Waals surface area contributed by atoms with Crippen molar-refractivity contribution in [3.8, 4) is 0 Å². The summed E-state index contributed by atoms with van der Waals surface area (Å²) in [6, 6.07) is -0.230. The first-order valence-corrected chi connectivity index (χ1v) is 6.20. The highest BCUT2D eigenvalue weighted by Gasteiger charge is 2.19. The highest BCUT2D eigenvalue weighted by atomic mass is 32.1. The van der Waals surface area contributed by atoms with Crippen LogP contribution in [0.25, 0.3) is 0 Å². The van der Waals surface area contributed by atoms with Crippen LogP contribution in [0.3, 0.4) is 0 Å².